The smallest absolute Gasteiger partial charge is 0.0790 e. The molecule has 2 atom stereocenters. The Morgan fingerprint density at radius 2 is 0.950 bits per heavy atom. The molecule has 0 aliphatic heterocycles. The van der Waals surface area contributed by atoms with E-state index in [2.05, 4.69) is 126 Å². The van der Waals surface area contributed by atoms with E-state index in [1.807, 2.05) is 0 Å². The first-order chi connectivity index (χ1) is 19.6. The average molecular weight is 549 g/mol. The van der Waals surface area contributed by atoms with Crippen molar-refractivity contribution in [1.82, 2.24) is 0 Å². The molecule has 1 aliphatic carbocycles. The van der Waals surface area contributed by atoms with E-state index in [1.54, 1.807) is 21.1 Å². The molecule has 1 aliphatic rings. The van der Waals surface area contributed by atoms with E-state index < -0.39 is 8.07 Å². The fraction of sp³-hybridized carbons (Fsp3) is 0.436. The largest absolute Gasteiger partial charge is 0.158 e. The lowest BCUT2D eigenvalue weighted by molar-refractivity contribution is 0.643. The van der Waals surface area contributed by atoms with Crippen LogP contribution in [0.4, 0.5) is 0 Å². The SMILES string of the molecule is CCCCc1ccc([Si](c2ccc(CCCC)cc2)(c2ccc(CCCC)cc2)C2C=CC=C2C(C)CC)cc1. The van der Waals surface area contributed by atoms with Gasteiger partial charge in [-0.25, -0.2) is 0 Å². The Labute approximate surface area is 246 Å². The van der Waals surface area contributed by atoms with Gasteiger partial charge in [-0.15, -0.1) is 0 Å². The van der Waals surface area contributed by atoms with Crippen LogP contribution in [0, 0.1) is 5.92 Å². The highest BCUT2D eigenvalue weighted by atomic mass is 28.3. The van der Waals surface area contributed by atoms with Gasteiger partial charge in [-0.1, -0.05) is 150 Å². The molecule has 0 radical (unpaired) electrons. The summed E-state index contributed by atoms with van der Waals surface area (Å²) in [7, 11) is -2.45. The number of aryl methyl sites for hydroxylation is 3. The van der Waals surface area contributed by atoms with Crippen molar-refractivity contribution < 1.29 is 0 Å². The lowest BCUT2D eigenvalue weighted by Gasteiger charge is -2.41. The van der Waals surface area contributed by atoms with Gasteiger partial charge < -0.3 is 0 Å². The highest BCUT2D eigenvalue weighted by molar-refractivity contribution is 7.13. The average Bonchev–Trinajstić information content (AvgIpc) is 3.50. The maximum absolute atomic E-state index is 2.55. The molecule has 0 bridgehead atoms. The fourth-order valence-electron chi connectivity index (χ4n) is 6.58. The van der Waals surface area contributed by atoms with E-state index in [-0.39, 0.29) is 0 Å². The Morgan fingerprint density at radius 1 is 0.575 bits per heavy atom. The molecule has 0 fully saturated rings. The number of hydrogen-bond acceptors (Lipinski definition) is 0. The number of hydrogen-bond donors (Lipinski definition) is 0. The van der Waals surface area contributed by atoms with E-state index in [0.29, 0.717) is 11.5 Å². The van der Waals surface area contributed by atoms with Crippen molar-refractivity contribution >= 4 is 23.6 Å². The summed E-state index contributed by atoms with van der Waals surface area (Å²) in [5.41, 5.74) is 6.45. The van der Waals surface area contributed by atoms with E-state index in [0.717, 1.165) is 0 Å². The lowest BCUT2D eigenvalue weighted by Crippen LogP contribution is -2.70. The molecule has 3 aromatic carbocycles. The van der Waals surface area contributed by atoms with Crippen LogP contribution in [0.3, 0.4) is 0 Å². The molecule has 212 valence electrons. The van der Waals surface area contributed by atoms with Gasteiger partial charge in [-0.2, -0.15) is 0 Å². The first-order valence-electron chi connectivity index (χ1n) is 16.2. The minimum atomic E-state index is -2.45. The standard InChI is InChI=1S/C39H52Si/c1-6-10-14-32-19-25-35(26-20-32)40(39-18-13-17-38(39)31(5)9-4,36-27-21-33(22-28-36)15-11-7-2)37-29-23-34(24-30-37)16-12-8-3/h13,17-31,39H,6-12,14-16H2,1-5H3. The monoisotopic (exact) mass is 548 g/mol. The number of benzene rings is 3. The maximum atomic E-state index is 2.55. The van der Waals surface area contributed by atoms with Gasteiger partial charge in [0, 0.05) is 5.54 Å². The highest BCUT2D eigenvalue weighted by Crippen LogP contribution is 2.40. The van der Waals surface area contributed by atoms with Crippen molar-refractivity contribution in [2.45, 2.75) is 104 Å². The van der Waals surface area contributed by atoms with Crippen molar-refractivity contribution in [3.05, 3.63) is 113 Å². The third-order valence-electron chi connectivity index (χ3n) is 9.28. The summed E-state index contributed by atoms with van der Waals surface area (Å²) in [6.45, 7) is 11.6. The molecule has 0 nitrogen and oxygen atoms in total. The molecule has 0 saturated heterocycles. The van der Waals surface area contributed by atoms with Crippen LogP contribution in [0.1, 0.15) is 96.3 Å². The summed E-state index contributed by atoms with van der Waals surface area (Å²) in [5, 5.41) is 4.63. The summed E-state index contributed by atoms with van der Waals surface area (Å²) in [6.07, 6.45) is 19.5. The van der Waals surface area contributed by atoms with E-state index in [1.165, 1.54) is 80.9 Å². The first-order valence-corrected chi connectivity index (χ1v) is 18.3. The molecular weight excluding hydrogens is 497 g/mol. The van der Waals surface area contributed by atoms with Gasteiger partial charge in [-0.3, -0.25) is 0 Å². The minimum Gasteiger partial charge on any atom is -0.0790 e. The third kappa shape index (κ3) is 6.63. The fourth-order valence-corrected chi connectivity index (χ4v) is 12.0. The van der Waals surface area contributed by atoms with Gasteiger partial charge in [0.25, 0.3) is 0 Å². The molecular formula is C39H52Si. The van der Waals surface area contributed by atoms with Crippen LogP contribution in [-0.4, -0.2) is 8.07 Å². The highest BCUT2D eigenvalue weighted by Gasteiger charge is 2.48. The summed E-state index contributed by atoms with van der Waals surface area (Å²) in [6, 6.07) is 29.6. The molecule has 0 saturated carbocycles. The van der Waals surface area contributed by atoms with Gasteiger partial charge in [0.15, 0.2) is 8.07 Å². The molecule has 0 spiro atoms. The van der Waals surface area contributed by atoms with Crippen molar-refractivity contribution in [2.24, 2.45) is 5.92 Å². The van der Waals surface area contributed by atoms with E-state index in [4.69, 9.17) is 0 Å². The van der Waals surface area contributed by atoms with Crippen molar-refractivity contribution in [1.29, 1.82) is 0 Å². The number of unbranched alkanes of at least 4 members (excludes halogenated alkanes) is 3. The molecule has 0 N–H and O–H groups in total. The Bertz CT molecular complexity index is 1100. The zero-order valence-corrected chi connectivity index (χ0v) is 26.9. The second-order valence-electron chi connectivity index (χ2n) is 12.0. The predicted molar refractivity (Wildman–Crippen MR) is 180 cm³/mol. The Kier molecular flexibility index (Phi) is 11.2. The zero-order valence-electron chi connectivity index (χ0n) is 25.9. The maximum Gasteiger partial charge on any atom is 0.158 e. The quantitative estimate of drug-likeness (QED) is 0.131. The first kappa shape index (κ1) is 30.3. The normalized spacial score (nSPS) is 15.8. The Morgan fingerprint density at radius 3 is 1.27 bits per heavy atom. The van der Waals surface area contributed by atoms with Gasteiger partial charge in [0.2, 0.25) is 0 Å². The number of allylic oxidation sites excluding steroid dienone is 4. The summed E-state index contributed by atoms with van der Waals surface area (Å²) in [4.78, 5) is 0. The topological polar surface area (TPSA) is 0 Å². The zero-order chi connectivity index (χ0) is 28.4. The van der Waals surface area contributed by atoms with Crippen LogP contribution in [0.25, 0.3) is 0 Å². The van der Waals surface area contributed by atoms with Gasteiger partial charge >= 0.3 is 0 Å². The Balaban J connectivity index is 1.93. The minimum absolute atomic E-state index is 0.423. The number of rotatable bonds is 15. The van der Waals surface area contributed by atoms with Gasteiger partial charge in [0.1, 0.15) is 0 Å². The molecule has 3 aromatic rings. The summed E-state index contributed by atoms with van der Waals surface area (Å²) in [5.74, 6) is 0.573. The molecule has 0 aromatic heterocycles. The summed E-state index contributed by atoms with van der Waals surface area (Å²) >= 11 is 0. The lowest BCUT2D eigenvalue weighted by atomic mass is 9.97. The van der Waals surface area contributed by atoms with Crippen LogP contribution in [0.15, 0.2) is 96.6 Å². The second kappa shape index (κ2) is 14.8. The molecule has 2 unspecified atom stereocenters. The predicted octanol–water partition coefficient (Wildman–Crippen LogP) is 9.10. The van der Waals surface area contributed by atoms with Gasteiger partial charge in [0.05, 0.1) is 0 Å². The Hall–Kier alpha value is -2.64. The van der Waals surface area contributed by atoms with Crippen LogP contribution in [0.2, 0.25) is 5.54 Å². The van der Waals surface area contributed by atoms with Crippen LogP contribution in [0.5, 0.6) is 0 Å². The molecule has 40 heavy (non-hydrogen) atoms. The van der Waals surface area contributed by atoms with Crippen molar-refractivity contribution in [2.75, 3.05) is 0 Å². The second-order valence-corrected chi connectivity index (χ2v) is 16.0. The van der Waals surface area contributed by atoms with Crippen molar-refractivity contribution in [3.8, 4) is 0 Å². The summed E-state index contributed by atoms with van der Waals surface area (Å²) < 4.78 is 0. The van der Waals surface area contributed by atoms with Gasteiger partial charge in [-0.05, 0) is 83.1 Å². The molecule has 0 amide bonds. The van der Waals surface area contributed by atoms with E-state index >= 15 is 0 Å². The van der Waals surface area contributed by atoms with Crippen LogP contribution < -0.4 is 15.6 Å². The van der Waals surface area contributed by atoms with E-state index in [9.17, 15) is 0 Å². The molecule has 0 heterocycles. The van der Waals surface area contributed by atoms with Crippen LogP contribution >= 0.6 is 0 Å². The third-order valence-corrected chi connectivity index (χ3v) is 14.5. The van der Waals surface area contributed by atoms with Crippen molar-refractivity contribution in [3.63, 3.8) is 0 Å². The molecule has 1 heteroatoms. The van der Waals surface area contributed by atoms with Crippen LogP contribution in [-0.2, 0) is 19.3 Å². The molecule has 4 rings (SSSR count).